The Morgan fingerprint density at radius 2 is 2.11 bits per heavy atom. The lowest BCUT2D eigenvalue weighted by Crippen LogP contribution is -2.45. The Balaban J connectivity index is 1.81. The van der Waals surface area contributed by atoms with Crippen LogP contribution in [-0.4, -0.2) is 58.3 Å². The van der Waals surface area contributed by atoms with Gasteiger partial charge in [0, 0.05) is 63.5 Å². The molecule has 1 aromatic carbocycles. The molecule has 1 N–H and O–H groups in total. The van der Waals surface area contributed by atoms with E-state index in [2.05, 4.69) is 40.4 Å². The molecule has 0 amide bonds. The van der Waals surface area contributed by atoms with Gasteiger partial charge in [0.05, 0.1) is 7.11 Å². The van der Waals surface area contributed by atoms with Crippen LogP contribution in [0.2, 0.25) is 0 Å². The number of piperazine rings is 1. The van der Waals surface area contributed by atoms with Crippen molar-refractivity contribution in [1.29, 1.82) is 0 Å². The van der Waals surface area contributed by atoms with Gasteiger partial charge in [-0.3, -0.25) is 0 Å². The highest BCUT2D eigenvalue weighted by Gasteiger charge is 2.31. The number of methoxy groups -OCH3 is 1. The van der Waals surface area contributed by atoms with Crippen molar-refractivity contribution in [2.24, 2.45) is 0 Å². The number of nitrogens with one attached hydrogen (secondary N) is 1. The van der Waals surface area contributed by atoms with Crippen LogP contribution in [0.1, 0.15) is 11.5 Å². The first-order valence-electron chi connectivity index (χ1n) is 7.10. The first kappa shape index (κ1) is 12.8. The van der Waals surface area contributed by atoms with Gasteiger partial charge in [0.1, 0.15) is 5.75 Å². The van der Waals surface area contributed by atoms with E-state index in [0.717, 1.165) is 45.0 Å². The summed E-state index contributed by atoms with van der Waals surface area (Å²) in [6.45, 7) is 6.77. The van der Waals surface area contributed by atoms with Crippen molar-refractivity contribution in [1.82, 2.24) is 10.2 Å². The van der Waals surface area contributed by atoms with E-state index in [4.69, 9.17) is 4.74 Å². The molecular formula is C15H23N3O. The van der Waals surface area contributed by atoms with Crippen molar-refractivity contribution in [3.63, 3.8) is 0 Å². The van der Waals surface area contributed by atoms with Crippen molar-refractivity contribution < 1.29 is 4.74 Å². The first-order chi connectivity index (χ1) is 9.29. The monoisotopic (exact) mass is 261 g/mol. The molecule has 1 aromatic rings. The molecule has 19 heavy (non-hydrogen) atoms. The van der Waals surface area contributed by atoms with Crippen LogP contribution in [-0.2, 0) is 0 Å². The SMILES string of the molecule is COc1cccc2c1C(CN1CCNCC1)CN2C. The van der Waals surface area contributed by atoms with Crippen LogP contribution in [0.15, 0.2) is 18.2 Å². The topological polar surface area (TPSA) is 27.7 Å². The van der Waals surface area contributed by atoms with Crippen molar-refractivity contribution >= 4 is 5.69 Å². The third-order valence-corrected chi connectivity index (χ3v) is 4.26. The molecule has 0 radical (unpaired) electrons. The van der Waals surface area contributed by atoms with Gasteiger partial charge in [-0.05, 0) is 12.1 Å². The summed E-state index contributed by atoms with van der Waals surface area (Å²) < 4.78 is 5.57. The maximum absolute atomic E-state index is 5.57. The third-order valence-electron chi connectivity index (χ3n) is 4.26. The lowest BCUT2D eigenvalue weighted by Gasteiger charge is -2.30. The molecule has 1 atom stereocenters. The van der Waals surface area contributed by atoms with E-state index in [-0.39, 0.29) is 0 Å². The van der Waals surface area contributed by atoms with Crippen molar-refractivity contribution in [3.8, 4) is 5.75 Å². The van der Waals surface area contributed by atoms with Gasteiger partial charge in [-0.1, -0.05) is 6.07 Å². The van der Waals surface area contributed by atoms with Gasteiger partial charge in [-0.2, -0.15) is 0 Å². The molecule has 4 heteroatoms. The Morgan fingerprint density at radius 1 is 1.32 bits per heavy atom. The number of ether oxygens (including phenoxy) is 1. The molecular weight excluding hydrogens is 238 g/mol. The van der Waals surface area contributed by atoms with E-state index in [9.17, 15) is 0 Å². The molecule has 0 spiro atoms. The largest absolute Gasteiger partial charge is 0.496 e. The first-order valence-corrected chi connectivity index (χ1v) is 7.10. The van der Waals surface area contributed by atoms with Crippen LogP contribution in [0.25, 0.3) is 0 Å². The summed E-state index contributed by atoms with van der Waals surface area (Å²) in [4.78, 5) is 4.92. The van der Waals surface area contributed by atoms with Crippen molar-refractivity contribution in [3.05, 3.63) is 23.8 Å². The van der Waals surface area contributed by atoms with E-state index in [0.29, 0.717) is 5.92 Å². The molecule has 0 aliphatic carbocycles. The van der Waals surface area contributed by atoms with E-state index in [1.807, 2.05) is 0 Å². The fourth-order valence-corrected chi connectivity index (χ4v) is 3.33. The van der Waals surface area contributed by atoms with Gasteiger partial charge in [-0.15, -0.1) is 0 Å². The molecule has 4 nitrogen and oxygen atoms in total. The van der Waals surface area contributed by atoms with Crippen molar-refractivity contribution in [2.75, 3.05) is 58.3 Å². The molecule has 0 bridgehead atoms. The number of benzene rings is 1. The van der Waals surface area contributed by atoms with Gasteiger partial charge < -0.3 is 19.9 Å². The molecule has 0 saturated carbocycles. The fourth-order valence-electron chi connectivity index (χ4n) is 3.33. The van der Waals surface area contributed by atoms with Crippen LogP contribution in [0.5, 0.6) is 5.75 Å². The Bertz CT molecular complexity index is 443. The standard InChI is InChI=1S/C15H23N3O/c1-17-10-12(11-18-8-6-16-7-9-18)15-13(17)4-3-5-14(15)19-2/h3-5,12,16H,6-11H2,1-2H3. The van der Waals surface area contributed by atoms with Gasteiger partial charge in [0.2, 0.25) is 0 Å². The molecule has 1 unspecified atom stereocenters. The van der Waals surface area contributed by atoms with Crippen LogP contribution in [0.3, 0.4) is 0 Å². The Hall–Kier alpha value is -1.26. The summed E-state index contributed by atoms with van der Waals surface area (Å²) in [5, 5.41) is 3.41. The fraction of sp³-hybridized carbons (Fsp3) is 0.600. The molecule has 1 fully saturated rings. The second-order valence-corrected chi connectivity index (χ2v) is 5.52. The van der Waals surface area contributed by atoms with E-state index >= 15 is 0 Å². The van der Waals surface area contributed by atoms with Crippen LogP contribution >= 0.6 is 0 Å². The summed E-state index contributed by atoms with van der Waals surface area (Å²) in [6.07, 6.45) is 0. The van der Waals surface area contributed by atoms with Gasteiger partial charge in [0.25, 0.3) is 0 Å². The normalized spacial score (nSPS) is 23.5. The zero-order chi connectivity index (χ0) is 13.2. The lowest BCUT2D eigenvalue weighted by molar-refractivity contribution is 0.228. The Labute approximate surface area is 115 Å². The van der Waals surface area contributed by atoms with Crippen LogP contribution in [0, 0.1) is 0 Å². The molecule has 2 aliphatic rings. The number of anilines is 1. The summed E-state index contributed by atoms with van der Waals surface area (Å²) in [6, 6.07) is 6.37. The van der Waals surface area contributed by atoms with E-state index in [1.165, 1.54) is 11.3 Å². The summed E-state index contributed by atoms with van der Waals surface area (Å²) in [5.74, 6) is 1.61. The highest BCUT2D eigenvalue weighted by molar-refractivity contribution is 5.65. The number of hydrogen-bond donors (Lipinski definition) is 1. The van der Waals surface area contributed by atoms with E-state index in [1.54, 1.807) is 7.11 Å². The summed E-state index contributed by atoms with van der Waals surface area (Å²) in [7, 11) is 3.95. The molecule has 3 rings (SSSR count). The van der Waals surface area contributed by atoms with Gasteiger partial charge >= 0.3 is 0 Å². The highest BCUT2D eigenvalue weighted by Crippen LogP contribution is 2.41. The van der Waals surface area contributed by atoms with Gasteiger partial charge in [-0.25, -0.2) is 0 Å². The minimum Gasteiger partial charge on any atom is -0.496 e. The predicted octanol–water partition coefficient (Wildman–Crippen LogP) is 1.13. The average Bonchev–Trinajstić information content (AvgIpc) is 2.77. The van der Waals surface area contributed by atoms with Crippen molar-refractivity contribution in [2.45, 2.75) is 5.92 Å². The number of fused-ring (bicyclic) bond motifs is 1. The number of hydrogen-bond acceptors (Lipinski definition) is 4. The zero-order valence-corrected chi connectivity index (χ0v) is 11.9. The minimum absolute atomic E-state index is 0.564. The van der Waals surface area contributed by atoms with Crippen LogP contribution < -0.4 is 15.0 Å². The average molecular weight is 261 g/mol. The smallest absolute Gasteiger partial charge is 0.124 e. The quantitative estimate of drug-likeness (QED) is 0.883. The Morgan fingerprint density at radius 3 is 2.84 bits per heavy atom. The van der Waals surface area contributed by atoms with Crippen LogP contribution in [0.4, 0.5) is 5.69 Å². The second-order valence-electron chi connectivity index (χ2n) is 5.52. The molecule has 104 valence electrons. The maximum atomic E-state index is 5.57. The Kier molecular flexibility index (Phi) is 3.62. The predicted molar refractivity (Wildman–Crippen MR) is 78.3 cm³/mol. The number of rotatable bonds is 3. The molecule has 2 heterocycles. The summed E-state index contributed by atoms with van der Waals surface area (Å²) in [5.41, 5.74) is 2.73. The molecule has 1 saturated heterocycles. The number of likely N-dealkylation sites (N-methyl/N-ethyl adjacent to an activating group) is 1. The molecule has 0 aromatic heterocycles. The third kappa shape index (κ3) is 2.42. The maximum Gasteiger partial charge on any atom is 0.124 e. The number of nitrogens with zero attached hydrogens (tertiary/aromatic N) is 2. The summed E-state index contributed by atoms with van der Waals surface area (Å²) >= 11 is 0. The minimum atomic E-state index is 0.564. The van der Waals surface area contributed by atoms with Gasteiger partial charge in [0.15, 0.2) is 0 Å². The lowest BCUT2D eigenvalue weighted by atomic mass is 9.99. The highest BCUT2D eigenvalue weighted by atomic mass is 16.5. The zero-order valence-electron chi connectivity index (χ0n) is 11.9. The van der Waals surface area contributed by atoms with E-state index < -0.39 is 0 Å². The molecule has 2 aliphatic heterocycles. The second kappa shape index (κ2) is 5.39.